The van der Waals surface area contributed by atoms with Gasteiger partial charge >= 0.3 is 5.97 Å². The maximum Gasteiger partial charge on any atom is 0.329 e. The summed E-state index contributed by atoms with van der Waals surface area (Å²) < 4.78 is 5.39. The van der Waals surface area contributed by atoms with Gasteiger partial charge in [0, 0.05) is 5.39 Å². The number of fused-ring (bicyclic) bond motifs is 2. The first-order valence-electron chi connectivity index (χ1n) is 9.62. The Kier molecular flexibility index (Phi) is 5.13. The second-order valence-corrected chi connectivity index (χ2v) is 7.88. The Balaban J connectivity index is 1.49. The summed E-state index contributed by atoms with van der Waals surface area (Å²) in [5, 5.41) is 1.37. The number of likely N-dealkylation sites (tertiary alicyclic amines) is 1. The van der Waals surface area contributed by atoms with Crippen LogP contribution in [0.1, 0.15) is 31.0 Å². The van der Waals surface area contributed by atoms with E-state index in [0.717, 1.165) is 21.4 Å². The van der Waals surface area contributed by atoms with Gasteiger partial charge in [-0.1, -0.05) is 42.0 Å². The van der Waals surface area contributed by atoms with E-state index in [0.29, 0.717) is 23.6 Å². The number of hydrogen-bond donors (Lipinski definition) is 0. The van der Waals surface area contributed by atoms with Gasteiger partial charge in [-0.2, -0.15) is 0 Å². The predicted molar refractivity (Wildman–Crippen MR) is 108 cm³/mol. The molecule has 4 rings (SSSR count). The molecule has 6 nitrogen and oxygen atoms in total. The van der Waals surface area contributed by atoms with Gasteiger partial charge in [0.2, 0.25) is 11.8 Å². The molecule has 0 spiro atoms. The fourth-order valence-electron chi connectivity index (χ4n) is 4.09. The zero-order valence-corrected chi connectivity index (χ0v) is 17.0. The van der Waals surface area contributed by atoms with E-state index in [2.05, 4.69) is 4.98 Å². The van der Waals surface area contributed by atoms with E-state index in [1.165, 1.54) is 6.92 Å². The number of carbonyl (C=O) groups is 3. The highest BCUT2D eigenvalue weighted by atomic mass is 35.5. The number of carbonyl (C=O) groups excluding carboxylic acids is 3. The van der Waals surface area contributed by atoms with Gasteiger partial charge in [0.15, 0.2) is 0 Å². The van der Waals surface area contributed by atoms with Gasteiger partial charge in [0.05, 0.1) is 28.1 Å². The molecule has 0 N–H and O–H groups in total. The highest BCUT2D eigenvalue weighted by molar-refractivity contribution is 6.32. The molecule has 1 aliphatic heterocycles. The SMILES string of the molecule is Cc1c(Cl)c(COC(=O)[C@H](C)N2C(=O)[C@@H]3CC=CC[C@H]3C2=O)nc2ccccc12. The van der Waals surface area contributed by atoms with Crippen LogP contribution >= 0.6 is 11.6 Å². The summed E-state index contributed by atoms with van der Waals surface area (Å²) in [6.45, 7) is 3.28. The quantitative estimate of drug-likeness (QED) is 0.436. The first-order chi connectivity index (χ1) is 13.9. The second kappa shape index (κ2) is 7.59. The van der Waals surface area contributed by atoms with Crippen molar-refractivity contribution in [1.29, 1.82) is 0 Å². The molecular formula is C22H21ClN2O4. The number of imide groups is 1. The number of aromatic nitrogens is 1. The third-order valence-electron chi connectivity index (χ3n) is 5.77. The molecule has 2 amide bonds. The van der Waals surface area contributed by atoms with Crippen molar-refractivity contribution in [2.24, 2.45) is 11.8 Å². The minimum Gasteiger partial charge on any atom is -0.458 e. The molecule has 1 saturated heterocycles. The number of halogens is 1. The van der Waals surface area contributed by atoms with Crippen LogP contribution in [-0.2, 0) is 25.7 Å². The molecule has 2 aromatic rings. The molecule has 0 saturated carbocycles. The molecule has 1 aromatic heterocycles. The van der Waals surface area contributed by atoms with E-state index >= 15 is 0 Å². The molecule has 1 fully saturated rings. The lowest BCUT2D eigenvalue weighted by Gasteiger charge is -2.21. The first kappa shape index (κ1) is 19.6. The Labute approximate surface area is 173 Å². The molecule has 2 aliphatic rings. The monoisotopic (exact) mass is 412 g/mol. The van der Waals surface area contributed by atoms with Crippen LogP contribution in [-0.4, -0.2) is 33.7 Å². The van der Waals surface area contributed by atoms with E-state index in [-0.39, 0.29) is 30.3 Å². The molecule has 1 aliphatic carbocycles. The molecule has 1 aromatic carbocycles. The van der Waals surface area contributed by atoms with Crippen LogP contribution in [0.15, 0.2) is 36.4 Å². The molecule has 3 atom stereocenters. The van der Waals surface area contributed by atoms with E-state index in [4.69, 9.17) is 16.3 Å². The van der Waals surface area contributed by atoms with Gasteiger partial charge in [0.1, 0.15) is 12.6 Å². The van der Waals surface area contributed by atoms with Crippen LogP contribution in [0.5, 0.6) is 0 Å². The van der Waals surface area contributed by atoms with Crippen molar-refractivity contribution in [3.8, 4) is 0 Å². The third kappa shape index (κ3) is 3.31. The zero-order chi connectivity index (χ0) is 20.7. The number of esters is 1. The molecule has 29 heavy (non-hydrogen) atoms. The number of para-hydroxylation sites is 1. The van der Waals surface area contributed by atoms with Gasteiger partial charge in [-0.25, -0.2) is 9.78 Å². The summed E-state index contributed by atoms with van der Waals surface area (Å²) in [6.07, 6.45) is 4.88. The van der Waals surface area contributed by atoms with Gasteiger partial charge in [-0.05, 0) is 38.3 Å². The number of aryl methyl sites for hydroxylation is 1. The molecule has 7 heteroatoms. The lowest BCUT2D eigenvalue weighted by molar-refractivity contribution is -0.159. The largest absolute Gasteiger partial charge is 0.458 e. The Hall–Kier alpha value is -2.73. The third-order valence-corrected chi connectivity index (χ3v) is 6.27. The molecule has 0 bridgehead atoms. The number of hydrogen-bond acceptors (Lipinski definition) is 5. The van der Waals surface area contributed by atoms with Crippen LogP contribution < -0.4 is 0 Å². The number of ether oxygens (including phenoxy) is 1. The average Bonchev–Trinajstić information content (AvgIpc) is 2.99. The summed E-state index contributed by atoms with van der Waals surface area (Å²) in [5.74, 6) is -2.00. The standard InChI is InChI=1S/C22H21ClN2O4/c1-12-14-7-5-6-10-17(14)24-18(19(12)23)11-29-22(28)13(2)25-20(26)15-8-3-4-9-16(15)21(25)27/h3-7,10,13,15-16H,8-9,11H2,1-2H3/t13-,15+,16+/m0/s1. The van der Waals surface area contributed by atoms with Crippen LogP contribution in [0.3, 0.4) is 0 Å². The van der Waals surface area contributed by atoms with Crippen molar-refractivity contribution in [3.05, 3.63) is 52.7 Å². The number of allylic oxidation sites excluding steroid dienone is 2. The Morgan fingerprint density at radius 3 is 2.48 bits per heavy atom. The van der Waals surface area contributed by atoms with E-state index in [9.17, 15) is 14.4 Å². The van der Waals surface area contributed by atoms with E-state index in [1.54, 1.807) is 0 Å². The van der Waals surface area contributed by atoms with Crippen LogP contribution in [0.2, 0.25) is 5.02 Å². The summed E-state index contributed by atoms with van der Waals surface area (Å²) in [4.78, 5) is 43.4. The number of nitrogens with zero attached hydrogens (tertiary/aromatic N) is 2. The minimum atomic E-state index is -0.985. The van der Waals surface area contributed by atoms with E-state index < -0.39 is 12.0 Å². The highest BCUT2D eigenvalue weighted by Gasteiger charge is 2.50. The smallest absolute Gasteiger partial charge is 0.329 e. The normalized spacial score (nSPS) is 22.1. The summed E-state index contributed by atoms with van der Waals surface area (Å²) >= 11 is 6.41. The highest BCUT2D eigenvalue weighted by Crippen LogP contribution is 2.36. The van der Waals surface area contributed by atoms with Crippen molar-refractivity contribution in [2.45, 2.75) is 39.3 Å². The van der Waals surface area contributed by atoms with Gasteiger partial charge < -0.3 is 4.74 Å². The topological polar surface area (TPSA) is 76.6 Å². The number of amides is 2. The zero-order valence-electron chi connectivity index (χ0n) is 16.2. The number of benzene rings is 1. The number of pyridine rings is 1. The van der Waals surface area contributed by atoms with Gasteiger partial charge in [-0.15, -0.1) is 0 Å². The maximum absolute atomic E-state index is 12.6. The van der Waals surface area contributed by atoms with Crippen molar-refractivity contribution in [3.63, 3.8) is 0 Å². The van der Waals surface area contributed by atoms with Crippen molar-refractivity contribution in [2.75, 3.05) is 0 Å². The van der Waals surface area contributed by atoms with Crippen LogP contribution in [0.25, 0.3) is 10.9 Å². The molecular weight excluding hydrogens is 392 g/mol. The van der Waals surface area contributed by atoms with Gasteiger partial charge in [-0.3, -0.25) is 14.5 Å². The van der Waals surface area contributed by atoms with Gasteiger partial charge in [0.25, 0.3) is 0 Å². The minimum absolute atomic E-state index is 0.127. The molecule has 0 unspecified atom stereocenters. The van der Waals surface area contributed by atoms with E-state index in [1.807, 2.05) is 43.3 Å². The number of rotatable bonds is 4. The predicted octanol–water partition coefficient (Wildman–Crippen LogP) is 3.58. The fraction of sp³-hybridized carbons (Fsp3) is 0.364. The van der Waals surface area contributed by atoms with Crippen LogP contribution in [0.4, 0.5) is 0 Å². The lowest BCUT2D eigenvalue weighted by atomic mass is 9.85. The Morgan fingerprint density at radius 2 is 1.83 bits per heavy atom. The molecule has 0 radical (unpaired) electrons. The second-order valence-electron chi connectivity index (χ2n) is 7.50. The first-order valence-corrected chi connectivity index (χ1v) is 10.00. The Bertz CT molecular complexity index is 1020. The molecule has 150 valence electrons. The van der Waals surface area contributed by atoms with Crippen molar-refractivity contribution >= 4 is 40.3 Å². The van der Waals surface area contributed by atoms with Crippen LogP contribution in [0, 0.1) is 18.8 Å². The Morgan fingerprint density at radius 1 is 1.21 bits per heavy atom. The van der Waals surface area contributed by atoms with Crippen molar-refractivity contribution in [1.82, 2.24) is 9.88 Å². The lowest BCUT2D eigenvalue weighted by Crippen LogP contribution is -2.44. The summed E-state index contributed by atoms with van der Waals surface area (Å²) in [6, 6.07) is 6.59. The van der Waals surface area contributed by atoms with Crippen molar-refractivity contribution < 1.29 is 19.1 Å². The molecule has 2 heterocycles. The summed E-state index contributed by atoms with van der Waals surface area (Å²) in [7, 11) is 0. The maximum atomic E-state index is 12.6. The average molecular weight is 413 g/mol. The fourth-order valence-corrected chi connectivity index (χ4v) is 4.28. The summed E-state index contributed by atoms with van der Waals surface area (Å²) in [5.41, 5.74) is 2.06.